The van der Waals surface area contributed by atoms with Crippen LogP contribution in [0.2, 0.25) is 0 Å². The van der Waals surface area contributed by atoms with Crippen LogP contribution in [0.5, 0.6) is 0 Å². The van der Waals surface area contributed by atoms with Crippen LogP contribution in [-0.2, 0) is 0 Å². The van der Waals surface area contributed by atoms with Crippen LogP contribution in [0, 0.1) is 18.7 Å². The normalized spacial score (nSPS) is 19.5. The fraction of sp³-hybridized carbons (Fsp3) is 0.611. The molecule has 2 unspecified atom stereocenters. The van der Waals surface area contributed by atoms with Gasteiger partial charge in [-0.2, -0.15) is 13.2 Å². The van der Waals surface area contributed by atoms with Crippen molar-refractivity contribution in [3.05, 3.63) is 35.1 Å². The summed E-state index contributed by atoms with van der Waals surface area (Å²) in [6.07, 6.45) is -3.43. The lowest BCUT2D eigenvalue weighted by Crippen LogP contribution is -2.41. The molecule has 4 nitrogen and oxygen atoms in total. The quantitative estimate of drug-likeness (QED) is 0.278. The SMILES string of the molecule is CN=C(NCC1CCN(CC(F)(F)F)C1)NC(C)c1ccc(C)c(F)c1.I. The van der Waals surface area contributed by atoms with Crippen molar-refractivity contribution < 1.29 is 17.6 Å². The molecule has 1 aliphatic rings. The van der Waals surface area contributed by atoms with E-state index in [4.69, 9.17) is 0 Å². The van der Waals surface area contributed by atoms with Gasteiger partial charge in [-0.15, -0.1) is 24.0 Å². The van der Waals surface area contributed by atoms with Gasteiger partial charge < -0.3 is 10.6 Å². The van der Waals surface area contributed by atoms with Gasteiger partial charge in [0.1, 0.15) is 5.82 Å². The predicted molar refractivity (Wildman–Crippen MR) is 110 cm³/mol. The molecule has 9 heteroatoms. The number of hydrogen-bond acceptors (Lipinski definition) is 2. The second-order valence-electron chi connectivity index (χ2n) is 6.83. The highest BCUT2D eigenvalue weighted by Crippen LogP contribution is 2.22. The highest BCUT2D eigenvalue weighted by Gasteiger charge is 2.34. The Morgan fingerprint density at radius 1 is 1.37 bits per heavy atom. The number of halogens is 5. The first-order valence-corrected chi connectivity index (χ1v) is 8.70. The predicted octanol–water partition coefficient (Wildman–Crippen LogP) is 3.86. The highest BCUT2D eigenvalue weighted by molar-refractivity contribution is 14.0. The summed E-state index contributed by atoms with van der Waals surface area (Å²) in [6.45, 7) is 4.17. The van der Waals surface area contributed by atoms with Crippen molar-refractivity contribution in [2.45, 2.75) is 32.5 Å². The monoisotopic (exact) mass is 502 g/mol. The number of benzene rings is 1. The molecule has 0 aromatic heterocycles. The van der Waals surface area contributed by atoms with Gasteiger partial charge in [0.05, 0.1) is 12.6 Å². The Bertz CT molecular complexity index is 636. The van der Waals surface area contributed by atoms with E-state index in [-0.39, 0.29) is 41.8 Å². The van der Waals surface area contributed by atoms with E-state index in [1.807, 2.05) is 13.0 Å². The van der Waals surface area contributed by atoms with Crippen molar-refractivity contribution in [2.24, 2.45) is 10.9 Å². The second-order valence-corrected chi connectivity index (χ2v) is 6.83. The Morgan fingerprint density at radius 2 is 2.07 bits per heavy atom. The number of guanidine groups is 1. The van der Waals surface area contributed by atoms with Gasteiger partial charge in [0.15, 0.2) is 5.96 Å². The molecule has 1 saturated heterocycles. The number of aliphatic imine (C=N–C) groups is 1. The topological polar surface area (TPSA) is 39.7 Å². The summed E-state index contributed by atoms with van der Waals surface area (Å²) in [5, 5.41) is 6.34. The molecule has 0 saturated carbocycles. The lowest BCUT2D eigenvalue weighted by Gasteiger charge is -2.21. The van der Waals surface area contributed by atoms with Gasteiger partial charge in [0.2, 0.25) is 0 Å². The maximum atomic E-state index is 13.7. The molecule has 2 rings (SSSR count). The molecule has 0 aliphatic carbocycles. The zero-order valence-electron chi connectivity index (χ0n) is 15.7. The van der Waals surface area contributed by atoms with Crippen molar-refractivity contribution in [3.63, 3.8) is 0 Å². The molecule has 1 aromatic rings. The maximum Gasteiger partial charge on any atom is 0.401 e. The molecule has 1 fully saturated rings. The number of alkyl halides is 3. The summed E-state index contributed by atoms with van der Waals surface area (Å²) in [6, 6.07) is 4.93. The van der Waals surface area contributed by atoms with Crippen molar-refractivity contribution in [1.82, 2.24) is 15.5 Å². The third kappa shape index (κ3) is 7.81. The van der Waals surface area contributed by atoms with Crippen molar-refractivity contribution in [3.8, 4) is 0 Å². The first-order chi connectivity index (χ1) is 12.2. The van der Waals surface area contributed by atoms with Crippen LogP contribution in [0.4, 0.5) is 17.6 Å². The summed E-state index contributed by atoms with van der Waals surface area (Å²) >= 11 is 0. The molecule has 0 bridgehead atoms. The van der Waals surface area contributed by atoms with E-state index < -0.39 is 12.7 Å². The van der Waals surface area contributed by atoms with Crippen LogP contribution in [0.1, 0.15) is 30.5 Å². The zero-order chi connectivity index (χ0) is 19.3. The number of aryl methyl sites for hydroxylation is 1. The summed E-state index contributed by atoms with van der Waals surface area (Å²) in [5.41, 5.74) is 1.39. The largest absolute Gasteiger partial charge is 0.401 e. The number of hydrogen-bond donors (Lipinski definition) is 2. The minimum Gasteiger partial charge on any atom is -0.356 e. The highest BCUT2D eigenvalue weighted by atomic mass is 127. The Labute approximate surface area is 174 Å². The molecule has 1 aliphatic heterocycles. The summed E-state index contributed by atoms with van der Waals surface area (Å²) in [7, 11) is 1.63. The lowest BCUT2D eigenvalue weighted by atomic mass is 10.1. The zero-order valence-corrected chi connectivity index (χ0v) is 18.1. The molecule has 0 radical (unpaired) electrons. The van der Waals surface area contributed by atoms with Crippen LogP contribution in [0.3, 0.4) is 0 Å². The van der Waals surface area contributed by atoms with Crippen LogP contribution >= 0.6 is 24.0 Å². The fourth-order valence-electron chi connectivity index (χ4n) is 3.08. The van der Waals surface area contributed by atoms with Gasteiger partial charge in [0, 0.05) is 20.1 Å². The van der Waals surface area contributed by atoms with Gasteiger partial charge in [-0.1, -0.05) is 12.1 Å². The molecular formula is C18H27F4IN4. The maximum absolute atomic E-state index is 13.7. The third-order valence-electron chi connectivity index (χ3n) is 4.60. The Kier molecular flexibility index (Phi) is 9.26. The van der Waals surface area contributed by atoms with Crippen molar-refractivity contribution in [1.29, 1.82) is 0 Å². The van der Waals surface area contributed by atoms with Crippen LogP contribution < -0.4 is 10.6 Å². The number of likely N-dealkylation sites (tertiary alicyclic amines) is 1. The molecule has 2 N–H and O–H groups in total. The van der Waals surface area contributed by atoms with Gasteiger partial charge in [-0.25, -0.2) is 4.39 Å². The molecule has 0 spiro atoms. The molecule has 1 heterocycles. The molecule has 27 heavy (non-hydrogen) atoms. The molecule has 154 valence electrons. The first-order valence-electron chi connectivity index (χ1n) is 8.70. The average Bonchev–Trinajstić information content (AvgIpc) is 2.99. The van der Waals surface area contributed by atoms with Crippen LogP contribution in [0.25, 0.3) is 0 Å². The summed E-state index contributed by atoms with van der Waals surface area (Å²) in [4.78, 5) is 5.57. The Balaban J connectivity index is 0.00000364. The van der Waals surface area contributed by atoms with E-state index in [1.54, 1.807) is 20.0 Å². The summed E-state index contributed by atoms with van der Waals surface area (Å²) < 4.78 is 51.1. The Hall–Kier alpha value is -1.10. The van der Waals surface area contributed by atoms with Crippen molar-refractivity contribution in [2.75, 3.05) is 33.2 Å². The van der Waals surface area contributed by atoms with Gasteiger partial charge >= 0.3 is 6.18 Å². The molecule has 2 atom stereocenters. The number of nitrogens with one attached hydrogen (secondary N) is 2. The third-order valence-corrected chi connectivity index (χ3v) is 4.60. The van der Waals surface area contributed by atoms with E-state index in [1.165, 1.54) is 11.0 Å². The van der Waals surface area contributed by atoms with Crippen molar-refractivity contribution >= 4 is 29.9 Å². The van der Waals surface area contributed by atoms with E-state index in [9.17, 15) is 17.6 Å². The van der Waals surface area contributed by atoms with E-state index in [0.717, 1.165) is 12.0 Å². The minimum absolute atomic E-state index is 0. The van der Waals surface area contributed by atoms with E-state index in [2.05, 4.69) is 15.6 Å². The van der Waals surface area contributed by atoms with Gasteiger partial charge in [-0.3, -0.25) is 9.89 Å². The number of nitrogens with zero attached hydrogens (tertiary/aromatic N) is 2. The Morgan fingerprint density at radius 3 is 2.67 bits per heavy atom. The van der Waals surface area contributed by atoms with E-state index >= 15 is 0 Å². The number of rotatable bonds is 5. The molecular weight excluding hydrogens is 475 g/mol. The smallest absolute Gasteiger partial charge is 0.356 e. The standard InChI is InChI=1S/C18H26F4N4.HI/c1-12-4-5-15(8-16(12)19)13(2)25-17(23-3)24-9-14-6-7-26(10-14)11-18(20,21)22;/h4-5,8,13-14H,6-7,9-11H2,1-3H3,(H2,23,24,25);1H. The molecule has 0 amide bonds. The average molecular weight is 502 g/mol. The molecule has 1 aromatic carbocycles. The van der Waals surface area contributed by atoms with E-state index in [0.29, 0.717) is 31.2 Å². The first kappa shape index (κ1) is 23.9. The van der Waals surface area contributed by atoms with Crippen LogP contribution in [-0.4, -0.2) is 50.3 Å². The van der Waals surface area contributed by atoms with Gasteiger partial charge in [0.25, 0.3) is 0 Å². The van der Waals surface area contributed by atoms with Crippen LogP contribution in [0.15, 0.2) is 23.2 Å². The fourth-order valence-corrected chi connectivity index (χ4v) is 3.08. The lowest BCUT2D eigenvalue weighted by molar-refractivity contribution is -0.143. The summed E-state index contributed by atoms with van der Waals surface area (Å²) in [5.74, 6) is 0.436. The minimum atomic E-state index is -4.15. The second kappa shape index (κ2) is 10.4. The van der Waals surface area contributed by atoms with Gasteiger partial charge in [-0.05, 0) is 49.9 Å².